The van der Waals surface area contributed by atoms with Crippen molar-refractivity contribution in [1.29, 1.82) is 0 Å². The third-order valence-corrected chi connectivity index (χ3v) is 3.94. The van der Waals surface area contributed by atoms with Gasteiger partial charge in [-0.05, 0) is 31.0 Å². The monoisotopic (exact) mass is 385 g/mol. The fourth-order valence-corrected chi connectivity index (χ4v) is 2.93. The van der Waals surface area contributed by atoms with Gasteiger partial charge in [0.25, 0.3) is 5.91 Å². The fraction of sp³-hybridized carbons (Fsp3) is 0.333. The van der Waals surface area contributed by atoms with Crippen molar-refractivity contribution >= 4 is 32.3 Å². The molecule has 4 nitrogen and oxygen atoms in total. The van der Waals surface area contributed by atoms with E-state index in [1.165, 1.54) is 0 Å². The van der Waals surface area contributed by atoms with Gasteiger partial charge in [0.2, 0.25) is 3.79 Å². The first-order chi connectivity index (χ1) is 9.63. The van der Waals surface area contributed by atoms with Gasteiger partial charge in [0.15, 0.2) is 0 Å². The first kappa shape index (κ1) is 15.0. The zero-order valence-electron chi connectivity index (χ0n) is 11.0. The Morgan fingerprint density at radius 1 is 1.50 bits per heavy atom. The molecule has 1 heterocycles. The molecule has 1 fully saturated rings. The molecule has 0 N–H and O–H groups in total. The minimum absolute atomic E-state index is 0.0208. The molecule has 106 valence electrons. The second-order valence-corrected chi connectivity index (χ2v) is 5.65. The van der Waals surface area contributed by atoms with Crippen molar-refractivity contribution in [3.63, 3.8) is 0 Å². The van der Waals surface area contributed by atoms with E-state index in [4.69, 9.17) is 4.74 Å². The van der Waals surface area contributed by atoms with E-state index in [1.54, 1.807) is 57.8 Å². The number of ether oxygens (including phenoxy) is 1. The van der Waals surface area contributed by atoms with Crippen LogP contribution in [0.2, 0.25) is 0 Å². The molecule has 0 bridgehead atoms. The number of likely N-dealkylation sites (tertiary alicyclic amines) is 1. The molecule has 1 aromatic rings. The van der Waals surface area contributed by atoms with Crippen LogP contribution in [0.5, 0.6) is 5.75 Å². The van der Waals surface area contributed by atoms with Crippen LogP contribution in [0.4, 0.5) is 0 Å². The number of carbonyl (C=O) groups is 2. The molecule has 1 amide bonds. The molecule has 20 heavy (non-hydrogen) atoms. The highest BCUT2D eigenvalue weighted by molar-refractivity contribution is 14.1. The Labute approximate surface area is 131 Å². The van der Waals surface area contributed by atoms with E-state index in [2.05, 4.69) is 6.58 Å². The summed E-state index contributed by atoms with van der Waals surface area (Å²) in [5.41, 5.74) is 0.552. The summed E-state index contributed by atoms with van der Waals surface area (Å²) in [6, 6.07) is 6.74. The summed E-state index contributed by atoms with van der Waals surface area (Å²) in [5.74, 6) is 0.522. The molecule has 1 saturated heterocycles. The number of halogens is 1. The van der Waals surface area contributed by atoms with Gasteiger partial charge in [-0.15, -0.1) is 0 Å². The molecule has 1 aliphatic heterocycles. The molecule has 0 saturated carbocycles. The van der Waals surface area contributed by atoms with Crippen molar-refractivity contribution in [3.05, 3.63) is 42.5 Å². The summed E-state index contributed by atoms with van der Waals surface area (Å²) in [4.78, 5) is 25.7. The van der Waals surface area contributed by atoms with Gasteiger partial charge >= 0.3 is 0 Å². The lowest BCUT2D eigenvalue weighted by atomic mass is 10.1. The van der Waals surface area contributed by atoms with Crippen LogP contribution in [-0.4, -0.2) is 33.8 Å². The SMILES string of the molecule is C=CCOc1cccc(C(=O)N2CCC[C@H]2C(=O)I)c1. The van der Waals surface area contributed by atoms with Gasteiger partial charge in [0, 0.05) is 34.7 Å². The molecule has 1 atom stereocenters. The van der Waals surface area contributed by atoms with E-state index in [9.17, 15) is 9.59 Å². The maximum absolute atomic E-state index is 12.5. The molecule has 0 spiro atoms. The number of amides is 1. The second-order valence-electron chi connectivity index (χ2n) is 4.59. The maximum Gasteiger partial charge on any atom is 0.254 e. The summed E-state index contributed by atoms with van der Waals surface area (Å²) in [6.45, 7) is 4.62. The maximum atomic E-state index is 12.5. The highest BCUT2D eigenvalue weighted by atomic mass is 127. The van der Waals surface area contributed by atoms with Crippen molar-refractivity contribution in [2.75, 3.05) is 13.2 Å². The van der Waals surface area contributed by atoms with Gasteiger partial charge in [-0.1, -0.05) is 18.7 Å². The molecule has 2 rings (SSSR count). The smallest absolute Gasteiger partial charge is 0.254 e. The van der Waals surface area contributed by atoms with E-state index < -0.39 is 0 Å². The standard InChI is InChI=1S/C15H16INO3/c1-2-9-20-12-6-3-5-11(10-12)15(19)17-8-4-7-13(17)14(16)18/h2-3,5-6,10,13H,1,4,7-9H2/t13-/m0/s1. The minimum Gasteiger partial charge on any atom is -0.490 e. The lowest BCUT2D eigenvalue weighted by Gasteiger charge is -2.22. The van der Waals surface area contributed by atoms with E-state index in [0.717, 1.165) is 12.8 Å². The topological polar surface area (TPSA) is 46.6 Å². The molecule has 0 radical (unpaired) electrons. The van der Waals surface area contributed by atoms with Crippen LogP contribution in [0.3, 0.4) is 0 Å². The quantitative estimate of drug-likeness (QED) is 0.445. The van der Waals surface area contributed by atoms with Gasteiger partial charge in [-0.25, -0.2) is 0 Å². The highest BCUT2D eigenvalue weighted by Gasteiger charge is 2.33. The fourth-order valence-electron chi connectivity index (χ4n) is 2.29. The first-order valence-electron chi connectivity index (χ1n) is 6.47. The van der Waals surface area contributed by atoms with E-state index in [-0.39, 0.29) is 15.7 Å². The van der Waals surface area contributed by atoms with Crippen molar-refractivity contribution in [2.24, 2.45) is 0 Å². The van der Waals surface area contributed by atoms with Gasteiger partial charge in [-0.2, -0.15) is 0 Å². The highest BCUT2D eigenvalue weighted by Crippen LogP contribution is 2.24. The van der Waals surface area contributed by atoms with Crippen molar-refractivity contribution in [3.8, 4) is 5.75 Å². The summed E-state index contributed by atoms with van der Waals surface area (Å²) >= 11 is 1.77. The average molecular weight is 385 g/mol. The van der Waals surface area contributed by atoms with Crippen LogP contribution in [0.25, 0.3) is 0 Å². The van der Waals surface area contributed by atoms with E-state index >= 15 is 0 Å². The predicted octanol–water partition coefficient (Wildman–Crippen LogP) is 2.82. The molecule has 0 unspecified atom stereocenters. The van der Waals surface area contributed by atoms with Crippen LogP contribution in [0.1, 0.15) is 23.2 Å². The largest absolute Gasteiger partial charge is 0.490 e. The van der Waals surface area contributed by atoms with Crippen molar-refractivity contribution in [1.82, 2.24) is 4.90 Å². The van der Waals surface area contributed by atoms with Crippen LogP contribution < -0.4 is 4.74 Å². The zero-order chi connectivity index (χ0) is 14.5. The Kier molecular flexibility index (Phi) is 5.17. The van der Waals surface area contributed by atoms with Crippen LogP contribution in [0.15, 0.2) is 36.9 Å². The lowest BCUT2D eigenvalue weighted by Crippen LogP contribution is -2.38. The number of carbonyl (C=O) groups excluding carboxylic acids is 2. The molecule has 1 aliphatic rings. The normalized spacial score (nSPS) is 17.9. The summed E-state index contributed by atoms with van der Waals surface area (Å²) < 4.78 is 5.45. The number of nitrogens with zero attached hydrogens (tertiary/aromatic N) is 1. The van der Waals surface area contributed by atoms with Crippen LogP contribution in [-0.2, 0) is 4.79 Å². The lowest BCUT2D eigenvalue weighted by molar-refractivity contribution is -0.112. The molecule has 5 heteroatoms. The van der Waals surface area contributed by atoms with E-state index in [1.807, 2.05) is 0 Å². The Morgan fingerprint density at radius 2 is 2.30 bits per heavy atom. The Hall–Kier alpha value is -1.37. The second kappa shape index (κ2) is 6.88. The van der Waals surface area contributed by atoms with Crippen LogP contribution >= 0.6 is 22.6 Å². The van der Waals surface area contributed by atoms with Crippen LogP contribution in [0, 0.1) is 0 Å². The van der Waals surface area contributed by atoms with Gasteiger partial charge < -0.3 is 9.64 Å². The average Bonchev–Trinajstić information content (AvgIpc) is 2.94. The molecule has 0 aromatic heterocycles. The van der Waals surface area contributed by atoms with Gasteiger partial charge in [0.1, 0.15) is 18.4 Å². The van der Waals surface area contributed by atoms with Gasteiger partial charge in [0.05, 0.1) is 0 Å². The number of benzene rings is 1. The Morgan fingerprint density at radius 3 is 3.00 bits per heavy atom. The summed E-state index contributed by atoms with van der Waals surface area (Å²) in [5, 5.41) is 0. The Balaban J connectivity index is 2.16. The van der Waals surface area contributed by atoms with E-state index in [0.29, 0.717) is 24.5 Å². The van der Waals surface area contributed by atoms with Crippen molar-refractivity contribution < 1.29 is 14.3 Å². The molecular formula is C15H16INO3. The third kappa shape index (κ3) is 3.39. The van der Waals surface area contributed by atoms with Gasteiger partial charge in [-0.3, -0.25) is 9.59 Å². The molecule has 1 aromatic carbocycles. The molecular weight excluding hydrogens is 369 g/mol. The number of hydrogen-bond donors (Lipinski definition) is 0. The predicted molar refractivity (Wildman–Crippen MR) is 85.2 cm³/mol. The zero-order valence-corrected chi connectivity index (χ0v) is 13.2. The summed E-state index contributed by atoms with van der Waals surface area (Å²) in [7, 11) is 0. The summed E-state index contributed by atoms with van der Waals surface area (Å²) in [6.07, 6.45) is 3.28. The third-order valence-electron chi connectivity index (χ3n) is 3.22. The molecule has 0 aliphatic carbocycles. The number of rotatable bonds is 5. The Bertz CT molecular complexity index is 530. The number of hydrogen-bond acceptors (Lipinski definition) is 3. The first-order valence-corrected chi connectivity index (χ1v) is 7.55. The van der Waals surface area contributed by atoms with Crippen molar-refractivity contribution in [2.45, 2.75) is 18.9 Å². The minimum atomic E-state index is -0.291.